The van der Waals surface area contributed by atoms with Crippen LogP contribution in [-0.2, 0) is 4.74 Å². The maximum Gasteiger partial charge on any atom is 0.252 e. The topological polar surface area (TPSA) is 54.5 Å². The molecule has 2 heterocycles. The van der Waals surface area contributed by atoms with Gasteiger partial charge in [0.2, 0.25) is 0 Å². The minimum atomic E-state index is -0.0721. The van der Waals surface area contributed by atoms with Crippen molar-refractivity contribution in [3.8, 4) is 11.3 Å². The second kappa shape index (κ2) is 9.03. The predicted octanol–water partition coefficient (Wildman–Crippen LogP) is 4.03. The Morgan fingerprint density at radius 1 is 1.14 bits per heavy atom. The zero-order valence-corrected chi connectivity index (χ0v) is 18.0. The fourth-order valence-corrected chi connectivity index (χ4v) is 3.87. The second-order valence-electron chi connectivity index (χ2n) is 7.29. The van der Waals surface area contributed by atoms with Crippen molar-refractivity contribution < 1.29 is 9.53 Å². The van der Waals surface area contributed by atoms with Gasteiger partial charge < -0.3 is 10.1 Å². The summed E-state index contributed by atoms with van der Waals surface area (Å²) in [6.07, 6.45) is 0. The van der Waals surface area contributed by atoms with Crippen molar-refractivity contribution in [3.63, 3.8) is 0 Å². The summed E-state index contributed by atoms with van der Waals surface area (Å²) in [6, 6.07) is 16.0. The van der Waals surface area contributed by atoms with Crippen LogP contribution in [0.15, 0.2) is 53.0 Å². The number of morpholine rings is 1. The van der Waals surface area contributed by atoms with Gasteiger partial charge >= 0.3 is 0 Å². The number of pyridine rings is 1. The highest BCUT2D eigenvalue weighted by Crippen LogP contribution is 2.27. The number of halogens is 1. The van der Waals surface area contributed by atoms with Crippen LogP contribution >= 0.6 is 15.9 Å². The van der Waals surface area contributed by atoms with Crippen molar-refractivity contribution in [3.05, 3.63) is 64.1 Å². The first-order valence-electron chi connectivity index (χ1n) is 9.86. The molecule has 0 unspecified atom stereocenters. The maximum atomic E-state index is 13.1. The lowest BCUT2D eigenvalue weighted by atomic mass is 10.0. The number of aryl methyl sites for hydroxylation is 1. The highest BCUT2D eigenvalue weighted by Gasteiger charge is 2.15. The fourth-order valence-electron chi connectivity index (χ4n) is 3.51. The molecule has 1 fully saturated rings. The summed E-state index contributed by atoms with van der Waals surface area (Å²) in [5.74, 6) is -0.0721. The molecule has 0 atom stereocenters. The zero-order valence-electron chi connectivity index (χ0n) is 16.5. The molecule has 29 heavy (non-hydrogen) atoms. The lowest BCUT2D eigenvalue weighted by Crippen LogP contribution is -2.41. The summed E-state index contributed by atoms with van der Waals surface area (Å²) >= 11 is 3.51. The molecular weight excluding hydrogens is 430 g/mol. The largest absolute Gasteiger partial charge is 0.379 e. The number of hydrogen-bond acceptors (Lipinski definition) is 4. The number of carbonyl (C=O) groups excluding carboxylic acids is 1. The van der Waals surface area contributed by atoms with Crippen molar-refractivity contribution in [2.45, 2.75) is 6.92 Å². The Hall–Kier alpha value is -2.28. The molecule has 3 aromatic rings. The molecule has 1 aliphatic heterocycles. The number of benzene rings is 2. The Morgan fingerprint density at radius 2 is 1.90 bits per heavy atom. The molecule has 0 saturated carbocycles. The van der Waals surface area contributed by atoms with Crippen LogP contribution < -0.4 is 5.32 Å². The van der Waals surface area contributed by atoms with Gasteiger partial charge in [-0.15, -0.1) is 0 Å². The van der Waals surface area contributed by atoms with Crippen LogP contribution in [0.1, 0.15) is 15.9 Å². The summed E-state index contributed by atoms with van der Waals surface area (Å²) in [4.78, 5) is 20.2. The van der Waals surface area contributed by atoms with Crippen molar-refractivity contribution in [1.82, 2.24) is 15.2 Å². The molecule has 1 aromatic heterocycles. The maximum absolute atomic E-state index is 13.1. The van der Waals surface area contributed by atoms with Crippen LogP contribution in [0, 0.1) is 6.92 Å². The number of nitrogens with one attached hydrogen (secondary N) is 1. The Kier molecular flexibility index (Phi) is 6.23. The Labute approximate surface area is 179 Å². The first-order valence-corrected chi connectivity index (χ1v) is 10.6. The summed E-state index contributed by atoms with van der Waals surface area (Å²) < 4.78 is 6.31. The summed E-state index contributed by atoms with van der Waals surface area (Å²) in [7, 11) is 0. The van der Waals surface area contributed by atoms with Gasteiger partial charge in [0.15, 0.2) is 0 Å². The zero-order chi connectivity index (χ0) is 20.2. The van der Waals surface area contributed by atoms with Gasteiger partial charge in [-0.05, 0) is 31.2 Å². The number of fused-ring (bicyclic) bond motifs is 1. The lowest BCUT2D eigenvalue weighted by Gasteiger charge is -2.26. The van der Waals surface area contributed by atoms with E-state index >= 15 is 0 Å². The van der Waals surface area contributed by atoms with Gasteiger partial charge in [0.25, 0.3) is 5.91 Å². The molecule has 0 radical (unpaired) electrons. The normalized spacial score (nSPS) is 14.8. The van der Waals surface area contributed by atoms with Gasteiger partial charge in [-0.25, -0.2) is 4.98 Å². The minimum absolute atomic E-state index is 0.0721. The van der Waals surface area contributed by atoms with Crippen molar-refractivity contribution in [1.29, 1.82) is 0 Å². The summed E-state index contributed by atoms with van der Waals surface area (Å²) in [6.45, 7) is 6.84. The van der Waals surface area contributed by atoms with E-state index in [1.807, 2.05) is 36.4 Å². The highest BCUT2D eigenvalue weighted by atomic mass is 79.9. The average molecular weight is 454 g/mol. The predicted molar refractivity (Wildman–Crippen MR) is 119 cm³/mol. The smallest absolute Gasteiger partial charge is 0.252 e. The molecular formula is C23H24BrN3O2. The van der Waals surface area contributed by atoms with Crippen LogP contribution in [-0.4, -0.2) is 55.2 Å². The first-order chi connectivity index (χ1) is 14.1. The molecule has 150 valence electrons. The van der Waals surface area contributed by atoms with Crippen LogP contribution in [0.4, 0.5) is 0 Å². The number of amides is 1. The molecule has 5 nitrogen and oxygen atoms in total. The third kappa shape index (κ3) is 4.83. The van der Waals surface area contributed by atoms with Gasteiger partial charge in [0, 0.05) is 41.6 Å². The molecule has 4 rings (SSSR count). The number of rotatable bonds is 5. The minimum Gasteiger partial charge on any atom is -0.379 e. The first kappa shape index (κ1) is 20.0. The van der Waals surface area contributed by atoms with Crippen LogP contribution in [0.25, 0.3) is 22.2 Å². The number of ether oxygens (including phenoxy) is 1. The van der Waals surface area contributed by atoms with Crippen LogP contribution in [0.3, 0.4) is 0 Å². The fraction of sp³-hybridized carbons (Fsp3) is 0.304. The van der Waals surface area contributed by atoms with E-state index in [9.17, 15) is 4.79 Å². The van der Waals surface area contributed by atoms with Gasteiger partial charge in [-0.1, -0.05) is 45.8 Å². The third-order valence-corrected chi connectivity index (χ3v) is 5.67. The highest BCUT2D eigenvalue weighted by molar-refractivity contribution is 9.10. The number of hydrogen-bond donors (Lipinski definition) is 1. The van der Waals surface area contributed by atoms with Gasteiger partial charge in [0.05, 0.1) is 30.0 Å². The molecule has 1 saturated heterocycles. The van der Waals surface area contributed by atoms with E-state index in [4.69, 9.17) is 9.72 Å². The van der Waals surface area contributed by atoms with E-state index in [2.05, 4.69) is 45.2 Å². The van der Waals surface area contributed by atoms with Crippen LogP contribution in [0.5, 0.6) is 0 Å². The van der Waals surface area contributed by atoms with Crippen molar-refractivity contribution in [2.24, 2.45) is 0 Å². The number of aromatic nitrogens is 1. The van der Waals surface area contributed by atoms with E-state index in [-0.39, 0.29) is 5.91 Å². The van der Waals surface area contributed by atoms with E-state index in [0.29, 0.717) is 12.1 Å². The molecule has 0 spiro atoms. The van der Waals surface area contributed by atoms with Crippen molar-refractivity contribution >= 4 is 32.7 Å². The average Bonchev–Trinajstić information content (AvgIpc) is 2.74. The Balaban J connectivity index is 1.61. The van der Waals surface area contributed by atoms with Gasteiger partial charge in [0.1, 0.15) is 0 Å². The molecule has 2 aromatic carbocycles. The van der Waals surface area contributed by atoms with Gasteiger partial charge in [-0.3, -0.25) is 9.69 Å². The monoisotopic (exact) mass is 453 g/mol. The molecule has 1 N–H and O–H groups in total. The van der Waals surface area contributed by atoms with Crippen molar-refractivity contribution in [2.75, 3.05) is 39.4 Å². The van der Waals surface area contributed by atoms with E-state index in [1.54, 1.807) is 0 Å². The Morgan fingerprint density at radius 3 is 2.66 bits per heavy atom. The van der Waals surface area contributed by atoms with Gasteiger partial charge in [-0.2, -0.15) is 0 Å². The summed E-state index contributed by atoms with van der Waals surface area (Å²) in [5.41, 5.74) is 4.46. The molecule has 6 heteroatoms. The Bertz CT molecular complexity index is 1010. The molecule has 1 aliphatic rings. The quantitative estimate of drug-likeness (QED) is 0.633. The van der Waals surface area contributed by atoms with E-state index < -0.39 is 0 Å². The summed E-state index contributed by atoms with van der Waals surface area (Å²) in [5, 5.41) is 3.93. The van der Waals surface area contributed by atoms with E-state index in [0.717, 1.165) is 59.5 Å². The molecule has 0 bridgehead atoms. The number of carbonyl (C=O) groups is 1. The molecule has 1 amide bonds. The third-order valence-electron chi connectivity index (χ3n) is 5.18. The molecule has 0 aliphatic carbocycles. The van der Waals surface area contributed by atoms with Crippen LogP contribution in [0.2, 0.25) is 0 Å². The number of nitrogens with zero attached hydrogens (tertiary/aromatic N) is 2. The standard InChI is InChI=1S/C23H24BrN3O2/c1-16-2-4-17(5-3-16)22-15-20(19-14-18(24)6-7-21(19)26-22)23(28)25-8-9-27-10-12-29-13-11-27/h2-7,14-15H,8-13H2,1H3,(H,25,28). The SMILES string of the molecule is Cc1ccc(-c2cc(C(=O)NCCN3CCOCC3)c3cc(Br)ccc3n2)cc1. The second-order valence-corrected chi connectivity index (χ2v) is 8.21. The lowest BCUT2D eigenvalue weighted by molar-refractivity contribution is 0.0383. The van der Waals surface area contributed by atoms with E-state index in [1.165, 1.54) is 5.56 Å².